The molecule has 60 valence electrons. The molecule has 0 N–H and O–H groups in total. The topological polar surface area (TPSA) is 12.9 Å². The van der Waals surface area contributed by atoms with Gasteiger partial charge < -0.3 is 0 Å². The first-order valence-corrected chi connectivity index (χ1v) is 4.53. The molecule has 2 heteroatoms. The van der Waals surface area contributed by atoms with Crippen LogP contribution in [-0.4, -0.2) is 4.98 Å². The highest BCUT2D eigenvalue weighted by molar-refractivity contribution is 9.10. The van der Waals surface area contributed by atoms with Crippen LogP contribution in [0.25, 0.3) is 0 Å². The highest BCUT2D eigenvalue weighted by Crippen LogP contribution is 2.25. The van der Waals surface area contributed by atoms with E-state index in [1.54, 1.807) is 0 Å². The molecule has 0 unspecified atom stereocenters. The third kappa shape index (κ3) is 1.80. The van der Waals surface area contributed by atoms with Gasteiger partial charge in [0.1, 0.15) is 4.60 Å². The molecule has 1 rings (SSSR count). The predicted octanol–water partition coefficient (Wildman–Crippen LogP) is 3.28. The van der Waals surface area contributed by atoms with Gasteiger partial charge in [0.2, 0.25) is 0 Å². The van der Waals surface area contributed by atoms with E-state index in [0.717, 1.165) is 4.60 Å². The fourth-order valence-corrected chi connectivity index (χ4v) is 2.12. The quantitative estimate of drug-likeness (QED) is 0.653. The highest BCUT2D eigenvalue weighted by atomic mass is 79.9. The average Bonchev–Trinajstić information content (AvgIpc) is 1.85. The number of nitrogens with zero attached hydrogens (tertiary/aromatic N) is 1. The first-order chi connectivity index (χ1) is 5.13. The lowest BCUT2D eigenvalue weighted by molar-refractivity contribution is 0.838. The molecule has 0 aromatic carbocycles. The second-order valence-electron chi connectivity index (χ2n) is 2.99. The molecule has 0 aliphatic heterocycles. The lowest BCUT2D eigenvalue weighted by atomic mass is 10.0. The summed E-state index contributed by atoms with van der Waals surface area (Å²) in [6.07, 6.45) is 1.82. The van der Waals surface area contributed by atoms with Crippen LogP contribution in [-0.2, 0) is 0 Å². The number of aryl methyl sites for hydroxylation is 1. The molecule has 1 nitrogen and oxygen atoms in total. The van der Waals surface area contributed by atoms with Gasteiger partial charge in [0.25, 0.3) is 0 Å². The van der Waals surface area contributed by atoms with Crippen LogP contribution in [0.1, 0.15) is 30.9 Å². The van der Waals surface area contributed by atoms with Crippen molar-refractivity contribution < 1.29 is 0 Å². The molecule has 0 fully saturated rings. The van der Waals surface area contributed by atoms with E-state index in [0.29, 0.717) is 5.92 Å². The van der Waals surface area contributed by atoms with E-state index in [-0.39, 0.29) is 0 Å². The number of pyridine rings is 1. The van der Waals surface area contributed by atoms with E-state index >= 15 is 0 Å². The van der Waals surface area contributed by atoms with Gasteiger partial charge >= 0.3 is 0 Å². The Hall–Kier alpha value is -0.370. The summed E-state index contributed by atoms with van der Waals surface area (Å²) in [6, 6.07) is 2.04. The summed E-state index contributed by atoms with van der Waals surface area (Å²) in [6.45, 7) is 6.46. The smallest absolute Gasteiger partial charge is 0.109 e. The molecule has 0 saturated heterocycles. The van der Waals surface area contributed by atoms with E-state index in [1.807, 2.05) is 12.3 Å². The van der Waals surface area contributed by atoms with Gasteiger partial charge in [0, 0.05) is 6.20 Å². The number of hydrogen-bond acceptors (Lipinski definition) is 1. The molecule has 1 aromatic heterocycles. The first-order valence-electron chi connectivity index (χ1n) is 3.74. The van der Waals surface area contributed by atoms with Gasteiger partial charge in [-0.2, -0.15) is 0 Å². The minimum atomic E-state index is 0.540. The molecule has 1 aromatic rings. The van der Waals surface area contributed by atoms with E-state index in [2.05, 4.69) is 41.7 Å². The Labute approximate surface area is 76.0 Å². The standard InChI is InChI=1S/C9H12BrN/c1-6(2)8-7(3)4-5-11-9(8)10/h4-6H,1-3H3. The summed E-state index contributed by atoms with van der Waals surface area (Å²) in [5.41, 5.74) is 2.62. The van der Waals surface area contributed by atoms with Crippen LogP contribution in [0.4, 0.5) is 0 Å². The van der Waals surface area contributed by atoms with Crippen molar-refractivity contribution in [2.45, 2.75) is 26.7 Å². The van der Waals surface area contributed by atoms with E-state index in [1.165, 1.54) is 11.1 Å². The van der Waals surface area contributed by atoms with Crippen molar-refractivity contribution in [2.75, 3.05) is 0 Å². The maximum atomic E-state index is 4.18. The largest absolute Gasteiger partial charge is 0.249 e. The molecule has 0 amide bonds. The van der Waals surface area contributed by atoms with Gasteiger partial charge in [-0.25, -0.2) is 4.98 Å². The van der Waals surface area contributed by atoms with Crippen LogP contribution < -0.4 is 0 Å². The zero-order valence-corrected chi connectivity index (χ0v) is 8.64. The zero-order chi connectivity index (χ0) is 8.43. The summed E-state index contributed by atoms with van der Waals surface area (Å²) in [7, 11) is 0. The Kier molecular flexibility index (Phi) is 2.66. The normalized spacial score (nSPS) is 10.6. The molecular formula is C9H12BrN. The van der Waals surface area contributed by atoms with Crippen LogP contribution in [0.15, 0.2) is 16.9 Å². The van der Waals surface area contributed by atoms with Crippen LogP contribution in [0.2, 0.25) is 0 Å². The SMILES string of the molecule is Cc1ccnc(Br)c1C(C)C. The van der Waals surface area contributed by atoms with Crippen LogP contribution in [0.5, 0.6) is 0 Å². The molecule has 0 aliphatic carbocycles. The molecule has 0 saturated carbocycles. The lowest BCUT2D eigenvalue weighted by Crippen LogP contribution is -1.94. The molecule has 1 heterocycles. The van der Waals surface area contributed by atoms with Crippen LogP contribution >= 0.6 is 15.9 Å². The Morgan fingerprint density at radius 2 is 2.09 bits per heavy atom. The van der Waals surface area contributed by atoms with Crippen LogP contribution in [0.3, 0.4) is 0 Å². The maximum Gasteiger partial charge on any atom is 0.109 e. The molecule has 0 bridgehead atoms. The van der Waals surface area contributed by atoms with E-state index in [4.69, 9.17) is 0 Å². The number of aromatic nitrogens is 1. The van der Waals surface area contributed by atoms with Crippen molar-refractivity contribution in [3.05, 3.63) is 28.0 Å². The van der Waals surface area contributed by atoms with E-state index in [9.17, 15) is 0 Å². The fourth-order valence-electron chi connectivity index (χ4n) is 1.23. The van der Waals surface area contributed by atoms with Crippen molar-refractivity contribution in [2.24, 2.45) is 0 Å². The molecule has 0 atom stereocenters. The monoisotopic (exact) mass is 213 g/mol. The summed E-state index contributed by atoms with van der Waals surface area (Å²) in [4.78, 5) is 4.18. The maximum absolute atomic E-state index is 4.18. The van der Waals surface area contributed by atoms with Crippen LogP contribution in [0, 0.1) is 6.92 Å². The number of rotatable bonds is 1. The van der Waals surface area contributed by atoms with Gasteiger partial charge in [-0.15, -0.1) is 0 Å². The molecule has 11 heavy (non-hydrogen) atoms. The van der Waals surface area contributed by atoms with Crippen molar-refractivity contribution in [3.63, 3.8) is 0 Å². The van der Waals surface area contributed by atoms with Crippen molar-refractivity contribution >= 4 is 15.9 Å². The predicted molar refractivity (Wildman–Crippen MR) is 50.8 cm³/mol. The number of hydrogen-bond donors (Lipinski definition) is 0. The van der Waals surface area contributed by atoms with Crippen molar-refractivity contribution in [3.8, 4) is 0 Å². The summed E-state index contributed by atoms with van der Waals surface area (Å²) >= 11 is 3.44. The van der Waals surface area contributed by atoms with Gasteiger partial charge in [0.15, 0.2) is 0 Å². The first kappa shape index (κ1) is 8.72. The molecule has 0 spiro atoms. The Bertz CT molecular complexity index is 235. The summed E-state index contributed by atoms with van der Waals surface area (Å²) in [5, 5.41) is 0. The highest BCUT2D eigenvalue weighted by Gasteiger charge is 2.07. The second kappa shape index (κ2) is 3.35. The Balaban J connectivity index is 3.21. The van der Waals surface area contributed by atoms with Crippen molar-refractivity contribution in [1.29, 1.82) is 0 Å². The van der Waals surface area contributed by atoms with Gasteiger partial charge in [-0.1, -0.05) is 13.8 Å². The molecule has 0 aliphatic rings. The minimum absolute atomic E-state index is 0.540. The Morgan fingerprint density at radius 3 is 2.45 bits per heavy atom. The zero-order valence-electron chi connectivity index (χ0n) is 7.06. The lowest BCUT2D eigenvalue weighted by Gasteiger charge is -2.09. The second-order valence-corrected chi connectivity index (χ2v) is 3.74. The summed E-state index contributed by atoms with van der Waals surface area (Å²) < 4.78 is 0.979. The van der Waals surface area contributed by atoms with Gasteiger partial charge in [-0.3, -0.25) is 0 Å². The third-order valence-electron chi connectivity index (χ3n) is 1.74. The average molecular weight is 214 g/mol. The van der Waals surface area contributed by atoms with Crippen molar-refractivity contribution in [1.82, 2.24) is 4.98 Å². The van der Waals surface area contributed by atoms with E-state index < -0.39 is 0 Å². The fraction of sp³-hybridized carbons (Fsp3) is 0.444. The number of halogens is 1. The van der Waals surface area contributed by atoms with Gasteiger partial charge in [-0.05, 0) is 46.0 Å². The molecule has 0 radical (unpaired) electrons. The Morgan fingerprint density at radius 1 is 1.45 bits per heavy atom. The summed E-state index contributed by atoms with van der Waals surface area (Å²) in [5.74, 6) is 0.540. The molecular weight excluding hydrogens is 202 g/mol. The minimum Gasteiger partial charge on any atom is -0.249 e. The van der Waals surface area contributed by atoms with Gasteiger partial charge in [0.05, 0.1) is 0 Å². The third-order valence-corrected chi connectivity index (χ3v) is 2.37.